The molecule has 2 aromatic heterocycles. The highest BCUT2D eigenvalue weighted by Gasteiger charge is 2.15. The minimum absolute atomic E-state index is 0.0238. The fraction of sp³-hybridized carbons (Fsp3) is 0.364. The van der Waals surface area contributed by atoms with Crippen LogP contribution in [0.5, 0.6) is 0 Å². The third-order valence-electron chi connectivity index (χ3n) is 4.63. The van der Waals surface area contributed by atoms with Crippen molar-refractivity contribution >= 4 is 22.9 Å². The molecule has 28 heavy (non-hydrogen) atoms. The summed E-state index contributed by atoms with van der Waals surface area (Å²) in [6.45, 7) is 7.26. The summed E-state index contributed by atoms with van der Waals surface area (Å²) in [6.07, 6.45) is 3.23. The summed E-state index contributed by atoms with van der Waals surface area (Å²) in [5.41, 5.74) is 4.07. The average Bonchev–Trinajstić information content (AvgIpc) is 3.06. The van der Waals surface area contributed by atoms with Crippen LogP contribution in [0.3, 0.4) is 0 Å². The number of esters is 1. The van der Waals surface area contributed by atoms with E-state index in [1.807, 2.05) is 42.7 Å². The van der Waals surface area contributed by atoms with E-state index < -0.39 is 0 Å². The van der Waals surface area contributed by atoms with Gasteiger partial charge in [0.05, 0.1) is 0 Å². The van der Waals surface area contributed by atoms with E-state index in [9.17, 15) is 9.59 Å². The zero-order chi connectivity index (χ0) is 20.3. The van der Waals surface area contributed by atoms with Crippen molar-refractivity contribution in [3.63, 3.8) is 0 Å². The van der Waals surface area contributed by atoms with Gasteiger partial charge >= 0.3 is 5.97 Å². The summed E-state index contributed by atoms with van der Waals surface area (Å²) in [5.74, 6) is 0.683. The second-order valence-corrected chi connectivity index (χ2v) is 6.86. The Kier molecular flexibility index (Phi) is 5.87. The van der Waals surface area contributed by atoms with Crippen molar-refractivity contribution < 1.29 is 14.3 Å². The number of carbonyl (C=O) groups is 2. The van der Waals surface area contributed by atoms with Crippen LogP contribution in [0.4, 0.5) is 0 Å². The molecule has 3 rings (SSSR count). The van der Waals surface area contributed by atoms with Gasteiger partial charge in [0.1, 0.15) is 17.4 Å². The van der Waals surface area contributed by atoms with Crippen molar-refractivity contribution in [1.29, 1.82) is 0 Å². The molecule has 0 spiro atoms. The van der Waals surface area contributed by atoms with E-state index in [1.54, 1.807) is 19.2 Å². The van der Waals surface area contributed by atoms with Crippen molar-refractivity contribution in [2.45, 2.75) is 53.1 Å². The molecule has 0 radical (unpaired) electrons. The van der Waals surface area contributed by atoms with Gasteiger partial charge in [-0.3, -0.25) is 14.2 Å². The highest BCUT2D eigenvalue weighted by molar-refractivity contribution is 5.96. The maximum Gasteiger partial charge on any atom is 0.305 e. The molecule has 3 aromatic rings. The van der Waals surface area contributed by atoms with E-state index in [1.165, 1.54) is 6.92 Å². The summed E-state index contributed by atoms with van der Waals surface area (Å²) in [5, 5.41) is 0. The van der Waals surface area contributed by atoms with Gasteiger partial charge in [0.25, 0.3) is 0 Å². The van der Waals surface area contributed by atoms with E-state index in [0.717, 1.165) is 29.1 Å². The molecule has 0 saturated heterocycles. The number of hydrogen-bond acceptors (Lipinski definition) is 5. The fourth-order valence-electron chi connectivity index (χ4n) is 3.18. The van der Waals surface area contributed by atoms with Crippen LogP contribution in [0.25, 0.3) is 16.9 Å². The van der Waals surface area contributed by atoms with E-state index in [2.05, 4.69) is 9.97 Å². The van der Waals surface area contributed by atoms with E-state index >= 15 is 0 Å². The Morgan fingerprint density at radius 1 is 1.18 bits per heavy atom. The van der Waals surface area contributed by atoms with Crippen molar-refractivity contribution in [1.82, 2.24) is 14.5 Å². The lowest BCUT2D eigenvalue weighted by Crippen LogP contribution is -2.16. The SMILES string of the molecule is CCC(=O)O[C@@H](C)Cc1ccc(-n2c(CC)nc3cc(C(C)=O)cnc32)cc1. The predicted octanol–water partition coefficient (Wildman–Crippen LogP) is 4.07. The molecule has 6 heteroatoms. The summed E-state index contributed by atoms with van der Waals surface area (Å²) in [4.78, 5) is 32.2. The van der Waals surface area contributed by atoms with Crippen LogP contribution in [-0.2, 0) is 22.4 Å². The normalized spacial score (nSPS) is 12.1. The maximum absolute atomic E-state index is 11.6. The predicted molar refractivity (Wildman–Crippen MR) is 108 cm³/mol. The molecule has 0 N–H and O–H groups in total. The first kappa shape index (κ1) is 19.7. The number of ether oxygens (including phenoxy) is 1. The molecule has 0 fully saturated rings. The van der Waals surface area contributed by atoms with Gasteiger partial charge in [-0.05, 0) is 37.6 Å². The molecule has 6 nitrogen and oxygen atoms in total. The molecular weight excluding hydrogens is 354 g/mol. The van der Waals surface area contributed by atoms with Gasteiger partial charge in [0, 0.05) is 36.7 Å². The fourth-order valence-corrected chi connectivity index (χ4v) is 3.18. The lowest BCUT2D eigenvalue weighted by molar-refractivity contribution is -0.147. The Hall–Kier alpha value is -3.02. The van der Waals surface area contributed by atoms with E-state index in [0.29, 0.717) is 23.9 Å². The standard InChI is InChI=1S/C22H25N3O3/c1-5-20-24-19-12-17(15(4)26)13-23-22(19)25(20)18-9-7-16(8-10-18)11-14(3)28-21(27)6-2/h7-10,12-14H,5-6,11H2,1-4H3/t14-/m0/s1. The highest BCUT2D eigenvalue weighted by atomic mass is 16.5. The van der Waals surface area contributed by atoms with Gasteiger partial charge in [0.15, 0.2) is 11.4 Å². The van der Waals surface area contributed by atoms with Crippen molar-refractivity contribution in [2.24, 2.45) is 0 Å². The zero-order valence-corrected chi connectivity index (χ0v) is 16.7. The lowest BCUT2D eigenvalue weighted by Gasteiger charge is -2.13. The second-order valence-electron chi connectivity index (χ2n) is 6.86. The number of pyridine rings is 1. The highest BCUT2D eigenvalue weighted by Crippen LogP contribution is 2.22. The Morgan fingerprint density at radius 2 is 1.89 bits per heavy atom. The smallest absolute Gasteiger partial charge is 0.305 e. The lowest BCUT2D eigenvalue weighted by atomic mass is 10.1. The molecule has 0 bridgehead atoms. The molecule has 1 atom stereocenters. The van der Waals surface area contributed by atoms with Crippen LogP contribution >= 0.6 is 0 Å². The molecule has 0 aliphatic heterocycles. The topological polar surface area (TPSA) is 74.1 Å². The quantitative estimate of drug-likeness (QED) is 0.457. The van der Waals surface area contributed by atoms with Crippen LogP contribution in [0.15, 0.2) is 36.5 Å². The number of nitrogens with zero attached hydrogens (tertiary/aromatic N) is 3. The molecule has 0 aliphatic rings. The van der Waals surface area contributed by atoms with Crippen molar-refractivity contribution in [2.75, 3.05) is 0 Å². The molecule has 0 unspecified atom stereocenters. The minimum atomic E-state index is -0.183. The average molecular weight is 379 g/mol. The van der Waals surface area contributed by atoms with Gasteiger partial charge in [-0.2, -0.15) is 0 Å². The number of imidazole rings is 1. The molecule has 0 amide bonds. The van der Waals surface area contributed by atoms with Crippen molar-refractivity contribution in [3.05, 3.63) is 53.5 Å². The van der Waals surface area contributed by atoms with Gasteiger partial charge < -0.3 is 4.74 Å². The summed E-state index contributed by atoms with van der Waals surface area (Å²) in [7, 11) is 0. The number of aryl methyl sites for hydroxylation is 1. The van der Waals surface area contributed by atoms with Crippen LogP contribution in [0, 0.1) is 0 Å². The number of rotatable bonds is 7. The Labute approximate surface area is 164 Å². The summed E-state index contributed by atoms with van der Waals surface area (Å²) < 4.78 is 7.36. The van der Waals surface area contributed by atoms with Crippen LogP contribution in [0.1, 0.15) is 55.9 Å². The molecule has 1 aromatic carbocycles. The van der Waals surface area contributed by atoms with Crippen LogP contribution in [0.2, 0.25) is 0 Å². The number of aromatic nitrogens is 3. The van der Waals surface area contributed by atoms with Gasteiger partial charge in [0.2, 0.25) is 0 Å². The Balaban J connectivity index is 1.90. The third kappa shape index (κ3) is 4.11. The molecule has 146 valence electrons. The van der Waals surface area contributed by atoms with E-state index in [4.69, 9.17) is 4.74 Å². The number of Topliss-reactive ketones (excluding diaryl/α,β-unsaturated/α-hetero) is 1. The molecule has 0 saturated carbocycles. The zero-order valence-electron chi connectivity index (χ0n) is 16.7. The van der Waals surface area contributed by atoms with Gasteiger partial charge in [-0.15, -0.1) is 0 Å². The number of carbonyl (C=O) groups excluding carboxylic acids is 2. The third-order valence-corrected chi connectivity index (χ3v) is 4.63. The van der Waals surface area contributed by atoms with Crippen LogP contribution in [-0.4, -0.2) is 32.4 Å². The van der Waals surface area contributed by atoms with Crippen molar-refractivity contribution in [3.8, 4) is 5.69 Å². The second kappa shape index (κ2) is 8.33. The van der Waals surface area contributed by atoms with Gasteiger partial charge in [-0.1, -0.05) is 26.0 Å². The molecule has 0 aliphatic carbocycles. The Bertz CT molecular complexity index is 1010. The number of fused-ring (bicyclic) bond motifs is 1. The molecule has 2 heterocycles. The summed E-state index contributed by atoms with van der Waals surface area (Å²) in [6, 6.07) is 9.88. The Morgan fingerprint density at radius 3 is 2.50 bits per heavy atom. The largest absolute Gasteiger partial charge is 0.462 e. The first-order valence-corrected chi connectivity index (χ1v) is 9.60. The monoisotopic (exact) mass is 379 g/mol. The number of ketones is 1. The van der Waals surface area contributed by atoms with E-state index in [-0.39, 0.29) is 17.9 Å². The first-order valence-electron chi connectivity index (χ1n) is 9.60. The number of hydrogen-bond donors (Lipinski definition) is 0. The maximum atomic E-state index is 11.6. The minimum Gasteiger partial charge on any atom is -0.462 e. The number of benzene rings is 1. The summed E-state index contributed by atoms with van der Waals surface area (Å²) >= 11 is 0. The van der Waals surface area contributed by atoms with Crippen LogP contribution < -0.4 is 0 Å². The first-order chi connectivity index (χ1) is 13.4. The van der Waals surface area contributed by atoms with Gasteiger partial charge in [-0.25, -0.2) is 9.97 Å². The molecular formula is C22H25N3O3.